The summed E-state index contributed by atoms with van der Waals surface area (Å²) < 4.78 is 20.2. The van der Waals surface area contributed by atoms with Crippen LogP contribution >= 0.6 is 0 Å². The van der Waals surface area contributed by atoms with Crippen LogP contribution in [0.2, 0.25) is 0 Å². The number of carbonyl (C=O) groups is 1. The SMILES string of the molecule is CCn1cc(Oc2cc(F)cc(C=O)c2)cn1. The van der Waals surface area contributed by atoms with Gasteiger partial charge in [0.15, 0.2) is 5.75 Å². The van der Waals surface area contributed by atoms with Crippen molar-refractivity contribution in [3.63, 3.8) is 0 Å². The molecule has 2 rings (SSSR count). The Bertz CT molecular complexity index is 537. The van der Waals surface area contributed by atoms with Crippen molar-refractivity contribution in [1.82, 2.24) is 9.78 Å². The molecule has 0 spiro atoms. The van der Waals surface area contributed by atoms with E-state index in [4.69, 9.17) is 4.74 Å². The normalized spacial score (nSPS) is 10.2. The third kappa shape index (κ3) is 2.69. The molecule has 1 heterocycles. The number of hydrogen-bond donors (Lipinski definition) is 0. The molecule has 2 aromatic rings. The van der Waals surface area contributed by atoms with Crippen molar-refractivity contribution in [2.45, 2.75) is 13.5 Å². The first-order chi connectivity index (χ1) is 8.21. The number of aryl methyl sites for hydroxylation is 1. The second kappa shape index (κ2) is 4.78. The summed E-state index contributed by atoms with van der Waals surface area (Å²) in [6.45, 7) is 2.68. The van der Waals surface area contributed by atoms with E-state index in [0.717, 1.165) is 12.6 Å². The molecule has 0 aliphatic heterocycles. The summed E-state index contributed by atoms with van der Waals surface area (Å²) in [6.07, 6.45) is 3.81. The van der Waals surface area contributed by atoms with Gasteiger partial charge in [-0.3, -0.25) is 9.48 Å². The summed E-state index contributed by atoms with van der Waals surface area (Å²) in [5.41, 5.74) is 0.239. The molecule has 0 aliphatic carbocycles. The summed E-state index contributed by atoms with van der Waals surface area (Å²) in [4.78, 5) is 10.6. The molecular weight excluding hydrogens is 223 g/mol. The van der Waals surface area contributed by atoms with Gasteiger partial charge in [-0.1, -0.05) is 0 Å². The van der Waals surface area contributed by atoms with Crippen LogP contribution in [0, 0.1) is 5.82 Å². The number of aldehydes is 1. The topological polar surface area (TPSA) is 44.1 Å². The van der Waals surface area contributed by atoms with E-state index in [0.29, 0.717) is 12.0 Å². The molecule has 0 bridgehead atoms. The molecule has 0 radical (unpaired) electrons. The van der Waals surface area contributed by atoms with Gasteiger partial charge in [-0.15, -0.1) is 0 Å². The van der Waals surface area contributed by atoms with Crippen molar-refractivity contribution >= 4 is 6.29 Å². The number of carbonyl (C=O) groups excluding carboxylic acids is 1. The summed E-state index contributed by atoms with van der Waals surface area (Å²) in [5, 5.41) is 4.02. The average molecular weight is 234 g/mol. The lowest BCUT2D eigenvalue weighted by Crippen LogP contribution is -1.92. The van der Waals surface area contributed by atoms with Gasteiger partial charge in [0.05, 0.1) is 12.4 Å². The molecule has 88 valence electrons. The summed E-state index contributed by atoms with van der Waals surface area (Å²) in [5.74, 6) is 0.282. The maximum atomic E-state index is 13.1. The second-order valence-electron chi connectivity index (χ2n) is 3.47. The van der Waals surface area contributed by atoms with E-state index in [-0.39, 0.29) is 11.3 Å². The zero-order valence-corrected chi connectivity index (χ0v) is 9.26. The lowest BCUT2D eigenvalue weighted by atomic mass is 10.2. The van der Waals surface area contributed by atoms with Crippen LogP contribution in [-0.4, -0.2) is 16.1 Å². The molecule has 0 saturated heterocycles. The predicted octanol–water partition coefficient (Wildman–Crippen LogP) is 2.65. The van der Waals surface area contributed by atoms with E-state index in [1.807, 2.05) is 6.92 Å². The van der Waals surface area contributed by atoms with E-state index < -0.39 is 5.82 Å². The highest BCUT2D eigenvalue weighted by Crippen LogP contribution is 2.22. The van der Waals surface area contributed by atoms with Crippen LogP contribution in [0.25, 0.3) is 0 Å². The average Bonchev–Trinajstić information content (AvgIpc) is 2.76. The Morgan fingerprint density at radius 3 is 2.88 bits per heavy atom. The van der Waals surface area contributed by atoms with Gasteiger partial charge in [0, 0.05) is 18.2 Å². The third-order valence-corrected chi connectivity index (χ3v) is 2.20. The fraction of sp³-hybridized carbons (Fsp3) is 0.167. The molecule has 0 N–H and O–H groups in total. The maximum absolute atomic E-state index is 13.1. The highest BCUT2D eigenvalue weighted by Gasteiger charge is 2.04. The van der Waals surface area contributed by atoms with Gasteiger partial charge in [-0.05, 0) is 19.1 Å². The molecule has 0 fully saturated rings. The number of hydrogen-bond acceptors (Lipinski definition) is 3. The Kier molecular flexibility index (Phi) is 3.18. The number of nitrogens with zero attached hydrogens (tertiary/aromatic N) is 2. The lowest BCUT2D eigenvalue weighted by Gasteiger charge is -2.03. The van der Waals surface area contributed by atoms with E-state index in [2.05, 4.69) is 5.10 Å². The minimum Gasteiger partial charge on any atom is -0.454 e. The van der Waals surface area contributed by atoms with Gasteiger partial charge < -0.3 is 4.74 Å². The number of benzene rings is 1. The molecule has 0 amide bonds. The van der Waals surface area contributed by atoms with Crippen LogP contribution in [0.15, 0.2) is 30.6 Å². The highest BCUT2D eigenvalue weighted by molar-refractivity contribution is 5.75. The van der Waals surface area contributed by atoms with Gasteiger partial charge in [0.25, 0.3) is 0 Å². The Morgan fingerprint density at radius 1 is 1.41 bits per heavy atom. The predicted molar refractivity (Wildman–Crippen MR) is 59.8 cm³/mol. The van der Waals surface area contributed by atoms with E-state index in [1.54, 1.807) is 10.9 Å². The number of ether oxygens (including phenoxy) is 1. The smallest absolute Gasteiger partial charge is 0.165 e. The quantitative estimate of drug-likeness (QED) is 0.764. The molecular formula is C12H11FN2O2. The molecule has 1 aromatic carbocycles. The largest absolute Gasteiger partial charge is 0.454 e. The summed E-state index contributed by atoms with van der Waals surface area (Å²) in [7, 11) is 0. The van der Waals surface area contributed by atoms with Gasteiger partial charge in [0.2, 0.25) is 0 Å². The molecule has 17 heavy (non-hydrogen) atoms. The van der Waals surface area contributed by atoms with Crippen LogP contribution in [0.5, 0.6) is 11.5 Å². The summed E-state index contributed by atoms with van der Waals surface area (Å²) >= 11 is 0. The van der Waals surface area contributed by atoms with Crippen LogP contribution in [0.4, 0.5) is 4.39 Å². The molecule has 0 saturated carbocycles. The zero-order valence-electron chi connectivity index (χ0n) is 9.26. The van der Waals surface area contributed by atoms with Gasteiger partial charge in [-0.2, -0.15) is 5.10 Å². The minimum atomic E-state index is -0.507. The molecule has 1 aromatic heterocycles. The third-order valence-electron chi connectivity index (χ3n) is 2.20. The first-order valence-corrected chi connectivity index (χ1v) is 5.17. The van der Waals surface area contributed by atoms with Gasteiger partial charge in [-0.25, -0.2) is 4.39 Å². The number of halogens is 1. The Hall–Kier alpha value is -2.17. The Morgan fingerprint density at radius 2 is 2.24 bits per heavy atom. The Labute approximate surface area is 97.6 Å². The van der Waals surface area contributed by atoms with E-state index in [1.165, 1.54) is 18.3 Å². The van der Waals surface area contributed by atoms with Crippen LogP contribution in [0.1, 0.15) is 17.3 Å². The second-order valence-corrected chi connectivity index (χ2v) is 3.47. The first kappa shape index (κ1) is 11.3. The fourth-order valence-electron chi connectivity index (χ4n) is 1.42. The minimum absolute atomic E-state index is 0.239. The summed E-state index contributed by atoms with van der Waals surface area (Å²) in [6, 6.07) is 3.84. The number of rotatable bonds is 4. The van der Waals surface area contributed by atoms with Crippen molar-refractivity contribution in [3.05, 3.63) is 42.0 Å². The van der Waals surface area contributed by atoms with Crippen molar-refractivity contribution in [2.24, 2.45) is 0 Å². The van der Waals surface area contributed by atoms with Crippen LogP contribution < -0.4 is 4.74 Å². The molecule has 4 nitrogen and oxygen atoms in total. The van der Waals surface area contributed by atoms with Crippen molar-refractivity contribution in [3.8, 4) is 11.5 Å². The number of aromatic nitrogens is 2. The van der Waals surface area contributed by atoms with Gasteiger partial charge in [0.1, 0.15) is 17.9 Å². The lowest BCUT2D eigenvalue weighted by molar-refractivity contribution is 0.112. The molecule has 5 heteroatoms. The standard InChI is InChI=1S/C12H11FN2O2/c1-2-15-7-12(6-14-15)17-11-4-9(8-16)3-10(13)5-11/h3-8H,2H2,1H3. The maximum Gasteiger partial charge on any atom is 0.165 e. The van der Waals surface area contributed by atoms with Crippen molar-refractivity contribution < 1.29 is 13.9 Å². The molecule has 0 unspecified atom stereocenters. The monoisotopic (exact) mass is 234 g/mol. The first-order valence-electron chi connectivity index (χ1n) is 5.17. The van der Waals surface area contributed by atoms with Crippen molar-refractivity contribution in [2.75, 3.05) is 0 Å². The van der Waals surface area contributed by atoms with Crippen LogP contribution in [0.3, 0.4) is 0 Å². The molecule has 0 aliphatic rings. The molecule has 0 atom stereocenters. The highest BCUT2D eigenvalue weighted by atomic mass is 19.1. The Balaban J connectivity index is 2.23. The van der Waals surface area contributed by atoms with Gasteiger partial charge >= 0.3 is 0 Å². The van der Waals surface area contributed by atoms with E-state index in [9.17, 15) is 9.18 Å². The zero-order chi connectivity index (χ0) is 12.3. The fourth-order valence-corrected chi connectivity index (χ4v) is 1.42. The van der Waals surface area contributed by atoms with E-state index >= 15 is 0 Å². The van der Waals surface area contributed by atoms with Crippen molar-refractivity contribution in [1.29, 1.82) is 0 Å². The van der Waals surface area contributed by atoms with Crippen LogP contribution in [-0.2, 0) is 6.54 Å².